The van der Waals surface area contributed by atoms with E-state index in [1.54, 1.807) is 24.3 Å². The predicted molar refractivity (Wildman–Crippen MR) is 160 cm³/mol. The molecule has 4 N–H and O–H groups in total. The number of fused-ring (bicyclic) bond motifs is 1. The molecule has 2 amide bonds. The van der Waals surface area contributed by atoms with Gasteiger partial charge in [-0.2, -0.15) is 0 Å². The molecule has 0 saturated carbocycles. The molecule has 0 atom stereocenters. The molecule has 0 aliphatic heterocycles. The summed E-state index contributed by atoms with van der Waals surface area (Å²) in [5, 5.41) is 8.18. The summed E-state index contributed by atoms with van der Waals surface area (Å²) in [7, 11) is 0. The molecule has 2 heterocycles. The van der Waals surface area contributed by atoms with Gasteiger partial charge >= 0.3 is 0 Å². The maximum Gasteiger partial charge on any atom is 0.251 e. The molecule has 2 aromatic carbocycles. The Morgan fingerprint density at radius 1 is 0.725 bits per heavy atom. The first-order chi connectivity index (χ1) is 19.3. The highest BCUT2D eigenvalue weighted by Gasteiger charge is 2.12. The summed E-state index contributed by atoms with van der Waals surface area (Å²) in [4.78, 5) is 63.4. The third-order valence-electron chi connectivity index (χ3n) is 5.71. The van der Waals surface area contributed by atoms with Crippen LogP contribution in [0.1, 0.15) is 38.1 Å². The Hall–Kier alpha value is -3.90. The smallest absolute Gasteiger partial charge is 0.251 e. The molecule has 0 unspecified atom stereocenters. The van der Waals surface area contributed by atoms with Gasteiger partial charge in [-0.1, -0.05) is 74.5 Å². The minimum Gasteiger partial charge on any atom is -0.325 e. The zero-order valence-corrected chi connectivity index (χ0v) is 23.8. The molecule has 4 aromatic rings. The minimum absolute atomic E-state index is 0.0676. The second kappa shape index (κ2) is 13.9. The lowest BCUT2D eigenvalue weighted by Crippen LogP contribution is -2.17. The summed E-state index contributed by atoms with van der Waals surface area (Å²) in [6, 6.07) is 13.9. The van der Waals surface area contributed by atoms with Crippen LogP contribution in [0.4, 0.5) is 11.4 Å². The SMILES string of the molecule is CCCc1cc(=O)[nH]c(SCC(=O)Nc2cccc3c(NC(=O)CSc4nc(CCC)cc(=O)[nH]4)cccc23)n1. The first kappa shape index (κ1) is 29.1. The van der Waals surface area contributed by atoms with Crippen LogP contribution in [0.2, 0.25) is 0 Å². The van der Waals surface area contributed by atoms with Gasteiger partial charge < -0.3 is 20.6 Å². The van der Waals surface area contributed by atoms with Gasteiger partial charge in [-0.3, -0.25) is 19.2 Å². The lowest BCUT2D eigenvalue weighted by molar-refractivity contribution is -0.114. The Bertz CT molecular complexity index is 1510. The number of thioether (sulfide) groups is 2. The van der Waals surface area contributed by atoms with E-state index in [0.717, 1.165) is 47.1 Å². The van der Waals surface area contributed by atoms with Crippen molar-refractivity contribution < 1.29 is 9.59 Å². The summed E-state index contributed by atoms with van der Waals surface area (Å²) in [6.07, 6.45) is 3.13. The summed E-state index contributed by atoms with van der Waals surface area (Å²) in [5.41, 5.74) is 2.13. The van der Waals surface area contributed by atoms with E-state index < -0.39 is 0 Å². The molecule has 0 aliphatic rings. The highest BCUT2D eigenvalue weighted by molar-refractivity contribution is 8.00. The zero-order valence-electron chi connectivity index (χ0n) is 22.2. The molecule has 0 saturated heterocycles. The second-order valence-electron chi connectivity index (χ2n) is 8.96. The number of nitrogens with one attached hydrogen (secondary N) is 4. The lowest BCUT2D eigenvalue weighted by Gasteiger charge is -2.12. The Kier molecular flexibility index (Phi) is 10.1. The van der Waals surface area contributed by atoms with Crippen molar-refractivity contribution in [2.24, 2.45) is 0 Å². The van der Waals surface area contributed by atoms with E-state index >= 15 is 0 Å². The molecule has 2 aromatic heterocycles. The number of nitrogens with zero attached hydrogens (tertiary/aromatic N) is 2. The van der Waals surface area contributed by atoms with Crippen molar-refractivity contribution in [3.63, 3.8) is 0 Å². The minimum atomic E-state index is -0.251. The van der Waals surface area contributed by atoms with Crippen LogP contribution in [-0.2, 0) is 22.4 Å². The van der Waals surface area contributed by atoms with Crippen LogP contribution in [0.3, 0.4) is 0 Å². The molecule has 10 nitrogen and oxygen atoms in total. The number of benzene rings is 2. The maximum atomic E-state index is 12.7. The quantitative estimate of drug-likeness (QED) is 0.143. The van der Waals surface area contributed by atoms with Crippen LogP contribution in [0.15, 0.2) is 68.4 Å². The van der Waals surface area contributed by atoms with Crippen LogP contribution in [0, 0.1) is 0 Å². The third-order valence-corrected chi connectivity index (χ3v) is 7.46. The maximum absolute atomic E-state index is 12.7. The van der Waals surface area contributed by atoms with E-state index in [2.05, 4.69) is 30.6 Å². The van der Waals surface area contributed by atoms with Crippen LogP contribution in [0.5, 0.6) is 0 Å². The van der Waals surface area contributed by atoms with Crippen molar-refractivity contribution in [1.82, 2.24) is 19.9 Å². The van der Waals surface area contributed by atoms with Gasteiger partial charge in [0.25, 0.3) is 11.1 Å². The first-order valence-corrected chi connectivity index (χ1v) is 14.9. The highest BCUT2D eigenvalue weighted by Crippen LogP contribution is 2.30. The summed E-state index contributed by atoms with van der Waals surface area (Å²) >= 11 is 2.32. The largest absolute Gasteiger partial charge is 0.325 e. The Morgan fingerprint density at radius 2 is 1.15 bits per heavy atom. The van der Waals surface area contributed by atoms with Crippen molar-refractivity contribution in [3.05, 3.63) is 80.6 Å². The molecular formula is C28H30N6O4S2. The molecule has 208 valence electrons. The molecule has 0 radical (unpaired) electrons. The molecule has 12 heteroatoms. The number of amides is 2. The molecular weight excluding hydrogens is 548 g/mol. The number of hydrogen-bond acceptors (Lipinski definition) is 8. The van der Waals surface area contributed by atoms with Crippen LogP contribution >= 0.6 is 23.5 Å². The van der Waals surface area contributed by atoms with Crippen LogP contribution < -0.4 is 21.8 Å². The Morgan fingerprint density at radius 3 is 1.55 bits per heavy atom. The molecule has 40 heavy (non-hydrogen) atoms. The number of rotatable bonds is 12. The predicted octanol–water partition coefficient (Wildman–Crippen LogP) is 4.37. The number of hydrogen-bond donors (Lipinski definition) is 4. The van der Waals surface area contributed by atoms with Gasteiger partial charge in [-0.25, -0.2) is 9.97 Å². The van der Waals surface area contributed by atoms with Gasteiger partial charge in [-0.05, 0) is 25.0 Å². The van der Waals surface area contributed by atoms with Crippen LogP contribution in [0.25, 0.3) is 10.8 Å². The molecule has 4 rings (SSSR count). The fourth-order valence-electron chi connectivity index (χ4n) is 4.04. The van der Waals surface area contributed by atoms with Crippen molar-refractivity contribution in [2.75, 3.05) is 22.1 Å². The first-order valence-electron chi connectivity index (χ1n) is 12.9. The molecule has 0 aliphatic carbocycles. The lowest BCUT2D eigenvalue weighted by atomic mass is 10.1. The number of H-pyrrole nitrogens is 2. The van der Waals surface area contributed by atoms with E-state index in [4.69, 9.17) is 0 Å². The summed E-state index contributed by atoms with van der Waals surface area (Å²) < 4.78 is 0. The normalized spacial score (nSPS) is 10.9. The molecule has 0 fully saturated rings. The molecule has 0 bridgehead atoms. The topological polar surface area (TPSA) is 150 Å². The second-order valence-corrected chi connectivity index (χ2v) is 10.9. The van der Waals surface area contributed by atoms with E-state index in [1.165, 1.54) is 12.1 Å². The van der Waals surface area contributed by atoms with Crippen molar-refractivity contribution in [1.29, 1.82) is 0 Å². The van der Waals surface area contributed by atoms with Crippen molar-refractivity contribution >= 4 is 57.5 Å². The fraction of sp³-hybridized carbons (Fsp3) is 0.286. The van der Waals surface area contributed by atoms with E-state index in [0.29, 0.717) is 45.9 Å². The number of anilines is 2. The van der Waals surface area contributed by atoms with Gasteiger partial charge in [0.2, 0.25) is 11.8 Å². The number of aromatic nitrogens is 4. The average Bonchev–Trinajstić information content (AvgIpc) is 2.91. The number of carbonyl (C=O) groups excluding carboxylic acids is 2. The van der Waals surface area contributed by atoms with Crippen molar-refractivity contribution in [2.45, 2.75) is 49.8 Å². The summed E-state index contributed by atoms with van der Waals surface area (Å²) in [5.74, 6) is -0.367. The Labute approximate surface area is 239 Å². The zero-order chi connectivity index (χ0) is 28.5. The van der Waals surface area contributed by atoms with Gasteiger partial charge in [0.1, 0.15) is 0 Å². The molecule has 0 spiro atoms. The van der Waals surface area contributed by atoms with Gasteiger partial charge in [-0.15, -0.1) is 0 Å². The average molecular weight is 579 g/mol. The van der Waals surface area contributed by atoms with Gasteiger partial charge in [0, 0.05) is 45.7 Å². The fourth-order valence-corrected chi connectivity index (χ4v) is 5.43. The van der Waals surface area contributed by atoms with Gasteiger partial charge in [0.05, 0.1) is 11.5 Å². The van der Waals surface area contributed by atoms with Crippen LogP contribution in [-0.4, -0.2) is 43.3 Å². The summed E-state index contributed by atoms with van der Waals surface area (Å²) in [6.45, 7) is 4.02. The van der Waals surface area contributed by atoms with E-state index in [9.17, 15) is 19.2 Å². The van der Waals surface area contributed by atoms with Gasteiger partial charge in [0.15, 0.2) is 10.3 Å². The number of aryl methyl sites for hydroxylation is 2. The standard InChI is InChI=1S/C28H30N6O4S2/c1-3-7-17-13-23(35)33-27(29-17)39-15-25(37)31-21-11-5-10-20-19(21)9-6-12-22(20)32-26(38)16-40-28-30-18(8-4-2)14-24(36)34-28/h5-6,9-14H,3-4,7-8,15-16H2,1-2H3,(H,31,37)(H,32,38)(H,29,33,35)(H,30,34,36). The Balaban J connectivity index is 1.41. The third kappa shape index (κ3) is 8.06. The number of aromatic amines is 2. The van der Waals surface area contributed by atoms with E-state index in [1.807, 2.05) is 26.0 Å². The van der Waals surface area contributed by atoms with Crippen molar-refractivity contribution in [3.8, 4) is 0 Å². The highest BCUT2D eigenvalue weighted by atomic mass is 32.2. The number of carbonyl (C=O) groups is 2. The van der Waals surface area contributed by atoms with E-state index in [-0.39, 0.29) is 34.4 Å². The monoisotopic (exact) mass is 578 g/mol.